The van der Waals surface area contributed by atoms with Crippen molar-refractivity contribution < 1.29 is 0 Å². The van der Waals surface area contributed by atoms with Crippen molar-refractivity contribution >= 4 is 5.82 Å². The van der Waals surface area contributed by atoms with Crippen LogP contribution in [0.2, 0.25) is 0 Å². The summed E-state index contributed by atoms with van der Waals surface area (Å²) in [6, 6.07) is 10.3. The molecule has 20 heavy (non-hydrogen) atoms. The highest BCUT2D eigenvalue weighted by Crippen LogP contribution is 2.29. The summed E-state index contributed by atoms with van der Waals surface area (Å²) >= 11 is 0. The molecule has 0 saturated carbocycles. The Morgan fingerprint density at radius 2 is 1.75 bits per heavy atom. The van der Waals surface area contributed by atoms with Gasteiger partial charge in [0.1, 0.15) is 5.69 Å². The Kier molecular flexibility index (Phi) is 3.92. The van der Waals surface area contributed by atoms with Gasteiger partial charge in [0.2, 0.25) is 0 Å². The van der Waals surface area contributed by atoms with Gasteiger partial charge in [-0.3, -0.25) is 4.98 Å². The topological polar surface area (TPSA) is 55.0 Å². The lowest BCUT2D eigenvalue weighted by molar-refractivity contribution is 0.413. The van der Waals surface area contributed by atoms with E-state index in [1.54, 1.807) is 12.4 Å². The quantitative estimate of drug-likeness (QED) is 0.928. The van der Waals surface area contributed by atoms with Crippen LogP contribution in [0.25, 0.3) is 11.3 Å². The van der Waals surface area contributed by atoms with Crippen LogP contribution in [-0.2, 0) is 0 Å². The van der Waals surface area contributed by atoms with Crippen LogP contribution in [-0.4, -0.2) is 29.6 Å². The second-order valence-corrected chi connectivity index (χ2v) is 5.26. The summed E-state index contributed by atoms with van der Waals surface area (Å²) in [7, 11) is 0. The Morgan fingerprint density at radius 3 is 2.45 bits per heavy atom. The molecular weight excluding hydrogens is 248 g/mol. The lowest BCUT2D eigenvalue weighted by atomic mass is 9.97. The molecule has 4 nitrogen and oxygen atoms in total. The normalized spacial score (nSPS) is 16.4. The molecule has 0 spiro atoms. The van der Waals surface area contributed by atoms with E-state index in [0.29, 0.717) is 5.92 Å². The third kappa shape index (κ3) is 2.65. The van der Waals surface area contributed by atoms with Gasteiger partial charge in [0.15, 0.2) is 5.82 Å². The molecular formula is C16H20N4. The van der Waals surface area contributed by atoms with Crippen LogP contribution in [0.1, 0.15) is 12.8 Å². The minimum Gasteiger partial charge on any atom is -0.355 e. The Morgan fingerprint density at radius 1 is 1.05 bits per heavy atom. The second kappa shape index (κ2) is 6.01. The highest BCUT2D eigenvalue weighted by molar-refractivity contribution is 5.71. The number of nitrogens with zero attached hydrogens (tertiary/aromatic N) is 3. The largest absolute Gasteiger partial charge is 0.355 e. The molecule has 1 aliphatic heterocycles. The molecule has 0 atom stereocenters. The first-order chi connectivity index (χ1) is 9.88. The zero-order chi connectivity index (χ0) is 13.8. The number of hydrogen-bond acceptors (Lipinski definition) is 4. The SMILES string of the molecule is NCC1CCN(c2nccnc2-c2ccccc2)CC1. The average molecular weight is 268 g/mol. The molecule has 0 aliphatic carbocycles. The lowest BCUT2D eigenvalue weighted by Gasteiger charge is -2.33. The Hall–Kier alpha value is -1.94. The van der Waals surface area contributed by atoms with Crippen LogP contribution in [0.5, 0.6) is 0 Å². The first-order valence-electron chi connectivity index (χ1n) is 7.20. The fourth-order valence-corrected chi connectivity index (χ4v) is 2.74. The van der Waals surface area contributed by atoms with Gasteiger partial charge in [-0.15, -0.1) is 0 Å². The Labute approximate surface area is 119 Å². The van der Waals surface area contributed by atoms with Crippen molar-refractivity contribution in [3.63, 3.8) is 0 Å². The van der Waals surface area contributed by atoms with Crippen molar-refractivity contribution in [1.82, 2.24) is 9.97 Å². The predicted molar refractivity (Wildman–Crippen MR) is 81.5 cm³/mol. The van der Waals surface area contributed by atoms with Gasteiger partial charge in [0.05, 0.1) is 0 Å². The third-order valence-electron chi connectivity index (χ3n) is 3.97. The molecule has 2 aromatic rings. The lowest BCUT2D eigenvalue weighted by Crippen LogP contribution is -2.36. The molecule has 0 bridgehead atoms. The maximum Gasteiger partial charge on any atom is 0.155 e. The van der Waals surface area contributed by atoms with E-state index in [1.807, 2.05) is 18.2 Å². The van der Waals surface area contributed by atoms with Crippen molar-refractivity contribution in [2.75, 3.05) is 24.5 Å². The molecule has 4 heteroatoms. The van der Waals surface area contributed by atoms with Gasteiger partial charge in [-0.05, 0) is 25.3 Å². The molecule has 2 N–H and O–H groups in total. The average Bonchev–Trinajstić information content (AvgIpc) is 2.56. The van der Waals surface area contributed by atoms with E-state index in [1.165, 1.54) is 0 Å². The van der Waals surface area contributed by atoms with E-state index >= 15 is 0 Å². The van der Waals surface area contributed by atoms with Gasteiger partial charge in [0.25, 0.3) is 0 Å². The molecule has 0 amide bonds. The van der Waals surface area contributed by atoms with E-state index in [2.05, 4.69) is 27.0 Å². The molecule has 1 saturated heterocycles. The summed E-state index contributed by atoms with van der Waals surface area (Å²) < 4.78 is 0. The fraction of sp³-hybridized carbons (Fsp3) is 0.375. The van der Waals surface area contributed by atoms with Crippen LogP contribution in [0, 0.1) is 5.92 Å². The number of aromatic nitrogens is 2. The molecule has 0 radical (unpaired) electrons. The van der Waals surface area contributed by atoms with E-state index < -0.39 is 0 Å². The van der Waals surface area contributed by atoms with Crippen molar-refractivity contribution in [2.45, 2.75) is 12.8 Å². The maximum atomic E-state index is 5.76. The van der Waals surface area contributed by atoms with E-state index in [-0.39, 0.29) is 0 Å². The summed E-state index contributed by atoms with van der Waals surface area (Å²) in [6.45, 7) is 2.82. The van der Waals surface area contributed by atoms with Crippen LogP contribution in [0.4, 0.5) is 5.82 Å². The van der Waals surface area contributed by atoms with Gasteiger partial charge in [-0.2, -0.15) is 0 Å². The van der Waals surface area contributed by atoms with Gasteiger partial charge >= 0.3 is 0 Å². The zero-order valence-corrected chi connectivity index (χ0v) is 11.6. The van der Waals surface area contributed by atoms with Crippen molar-refractivity contribution in [2.24, 2.45) is 11.7 Å². The van der Waals surface area contributed by atoms with E-state index in [4.69, 9.17) is 5.73 Å². The summed E-state index contributed by atoms with van der Waals surface area (Å²) in [5.74, 6) is 1.65. The number of nitrogens with two attached hydrogens (primary N) is 1. The highest BCUT2D eigenvalue weighted by Gasteiger charge is 2.21. The van der Waals surface area contributed by atoms with Crippen LogP contribution in [0.15, 0.2) is 42.7 Å². The predicted octanol–water partition coefficient (Wildman–Crippen LogP) is 2.32. The highest BCUT2D eigenvalue weighted by atomic mass is 15.2. The first-order valence-corrected chi connectivity index (χ1v) is 7.20. The van der Waals surface area contributed by atoms with Crippen molar-refractivity contribution in [3.8, 4) is 11.3 Å². The molecule has 1 aromatic heterocycles. The van der Waals surface area contributed by atoms with Gasteiger partial charge in [-0.25, -0.2) is 4.98 Å². The summed E-state index contributed by atoms with van der Waals surface area (Å²) in [6.07, 6.45) is 5.82. The fourth-order valence-electron chi connectivity index (χ4n) is 2.74. The summed E-state index contributed by atoms with van der Waals surface area (Å²) in [5, 5.41) is 0. The number of piperidine rings is 1. The van der Waals surface area contributed by atoms with Crippen molar-refractivity contribution in [3.05, 3.63) is 42.7 Å². The third-order valence-corrected chi connectivity index (χ3v) is 3.97. The minimum absolute atomic E-state index is 0.656. The smallest absolute Gasteiger partial charge is 0.155 e. The zero-order valence-electron chi connectivity index (χ0n) is 11.6. The number of hydrogen-bond donors (Lipinski definition) is 1. The Balaban J connectivity index is 1.87. The van der Waals surface area contributed by atoms with E-state index in [0.717, 1.165) is 49.6 Å². The maximum absolute atomic E-state index is 5.76. The molecule has 2 heterocycles. The Bertz CT molecular complexity index is 547. The van der Waals surface area contributed by atoms with E-state index in [9.17, 15) is 0 Å². The number of benzene rings is 1. The molecule has 104 valence electrons. The summed E-state index contributed by atoms with van der Waals surface area (Å²) in [4.78, 5) is 11.4. The molecule has 0 unspecified atom stereocenters. The van der Waals surface area contributed by atoms with Crippen LogP contribution in [0.3, 0.4) is 0 Å². The summed E-state index contributed by atoms with van der Waals surface area (Å²) in [5.41, 5.74) is 7.86. The van der Waals surface area contributed by atoms with Crippen LogP contribution >= 0.6 is 0 Å². The standard InChI is InChI=1S/C16H20N4/c17-12-13-6-10-20(11-7-13)16-15(18-8-9-19-16)14-4-2-1-3-5-14/h1-5,8-9,13H,6-7,10-12,17H2. The molecule has 1 aliphatic rings. The minimum atomic E-state index is 0.656. The van der Waals surface area contributed by atoms with Gasteiger partial charge in [0, 0.05) is 31.0 Å². The first kappa shape index (κ1) is 13.1. The molecule has 1 aromatic carbocycles. The van der Waals surface area contributed by atoms with Crippen LogP contribution < -0.4 is 10.6 Å². The van der Waals surface area contributed by atoms with Crippen molar-refractivity contribution in [1.29, 1.82) is 0 Å². The molecule has 1 fully saturated rings. The molecule has 3 rings (SSSR count). The second-order valence-electron chi connectivity index (χ2n) is 5.26. The number of rotatable bonds is 3. The number of anilines is 1. The van der Waals surface area contributed by atoms with Gasteiger partial charge in [-0.1, -0.05) is 30.3 Å². The van der Waals surface area contributed by atoms with Gasteiger partial charge < -0.3 is 10.6 Å². The monoisotopic (exact) mass is 268 g/mol.